The largest absolute Gasteiger partial charge is 0.339 e. The van der Waals surface area contributed by atoms with Crippen LogP contribution in [-0.4, -0.2) is 24.5 Å². The Hall–Kier alpha value is -3.62. The summed E-state index contributed by atoms with van der Waals surface area (Å²) in [6, 6.07) is 13.0. The Kier molecular flexibility index (Phi) is 4.96. The number of aromatic amines is 1. The summed E-state index contributed by atoms with van der Waals surface area (Å²) in [6.07, 6.45) is 1.95. The zero-order valence-corrected chi connectivity index (χ0v) is 17.8. The van der Waals surface area contributed by atoms with Crippen LogP contribution in [0, 0.1) is 5.82 Å². The quantitative estimate of drug-likeness (QED) is 0.393. The third-order valence-electron chi connectivity index (χ3n) is 5.44. The van der Waals surface area contributed by atoms with Crippen LogP contribution in [0.15, 0.2) is 59.7 Å². The fourth-order valence-corrected chi connectivity index (χ4v) is 3.95. The molecule has 7 nitrogen and oxygen atoms in total. The van der Waals surface area contributed by atoms with E-state index in [-0.39, 0.29) is 10.9 Å². The third-order valence-corrected chi connectivity index (χ3v) is 5.74. The van der Waals surface area contributed by atoms with E-state index in [4.69, 9.17) is 17.3 Å². The van der Waals surface area contributed by atoms with E-state index in [0.29, 0.717) is 34.1 Å². The molecule has 0 radical (unpaired) electrons. The number of nitrogens with two attached hydrogens (primary N) is 1. The molecule has 0 aliphatic carbocycles. The van der Waals surface area contributed by atoms with Crippen LogP contribution in [0.4, 0.5) is 4.39 Å². The molecule has 0 saturated carbocycles. The summed E-state index contributed by atoms with van der Waals surface area (Å²) in [6.45, 7) is 1.91. The van der Waals surface area contributed by atoms with E-state index in [0.717, 1.165) is 11.3 Å². The predicted octanol–water partition coefficient (Wildman–Crippen LogP) is 4.53. The predicted molar refractivity (Wildman–Crippen MR) is 122 cm³/mol. The number of fused-ring (bicyclic) bond motifs is 2. The van der Waals surface area contributed by atoms with Crippen molar-refractivity contribution in [3.05, 3.63) is 82.0 Å². The maximum atomic E-state index is 14.5. The topological polar surface area (TPSA) is 102 Å². The Labute approximate surface area is 186 Å². The minimum absolute atomic E-state index is 0.0716. The molecule has 1 atom stereocenters. The number of nitrogens with one attached hydrogen (secondary N) is 1. The van der Waals surface area contributed by atoms with E-state index >= 15 is 0 Å². The number of hydrogen-bond donors (Lipinski definition) is 2. The number of nitrogens with zero attached hydrogens (tertiary/aromatic N) is 4. The van der Waals surface area contributed by atoms with Gasteiger partial charge in [-0.3, -0.25) is 9.36 Å². The van der Waals surface area contributed by atoms with Crippen molar-refractivity contribution >= 4 is 33.5 Å². The smallest absolute Gasteiger partial charge is 0.269 e. The van der Waals surface area contributed by atoms with E-state index < -0.39 is 17.4 Å². The summed E-state index contributed by atoms with van der Waals surface area (Å²) in [5.41, 5.74) is 8.74. The van der Waals surface area contributed by atoms with Gasteiger partial charge < -0.3 is 10.7 Å². The van der Waals surface area contributed by atoms with E-state index in [1.54, 1.807) is 12.1 Å². The summed E-state index contributed by atoms with van der Waals surface area (Å²) >= 11 is 6.17. The highest BCUT2D eigenvalue weighted by Gasteiger charge is 2.19. The highest BCUT2D eigenvalue weighted by atomic mass is 35.5. The average molecular weight is 449 g/mol. The van der Waals surface area contributed by atoms with Gasteiger partial charge in [0.05, 0.1) is 22.6 Å². The van der Waals surface area contributed by atoms with Crippen LogP contribution in [0.1, 0.15) is 25.2 Å². The first-order valence-electron chi connectivity index (χ1n) is 10.0. The lowest BCUT2D eigenvalue weighted by Gasteiger charge is -2.18. The zero-order valence-electron chi connectivity index (χ0n) is 17.0. The van der Waals surface area contributed by atoms with Gasteiger partial charge in [0.1, 0.15) is 34.2 Å². The zero-order chi connectivity index (χ0) is 22.4. The molecule has 3 N–H and O–H groups in total. The SMILES string of the molecule is CC[C@H](N)c1nc2cccc(F)c2c(=O)n1-c1cccc(-c2cc3c(Cl)ncnc3[nH]2)c1. The van der Waals surface area contributed by atoms with Crippen LogP contribution < -0.4 is 11.3 Å². The van der Waals surface area contributed by atoms with E-state index in [9.17, 15) is 9.18 Å². The highest BCUT2D eigenvalue weighted by molar-refractivity contribution is 6.34. The Balaban J connectivity index is 1.75. The van der Waals surface area contributed by atoms with Gasteiger partial charge >= 0.3 is 0 Å². The molecule has 0 aliphatic rings. The van der Waals surface area contributed by atoms with Crippen molar-refractivity contribution in [1.29, 1.82) is 0 Å². The third kappa shape index (κ3) is 3.24. The number of rotatable bonds is 4. The van der Waals surface area contributed by atoms with E-state index in [1.165, 1.54) is 23.0 Å². The van der Waals surface area contributed by atoms with Crippen LogP contribution in [0.5, 0.6) is 0 Å². The molecule has 0 spiro atoms. The molecule has 0 unspecified atom stereocenters. The highest BCUT2D eigenvalue weighted by Crippen LogP contribution is 2.28. The minimum atomic E-state index is -0.620. The molecular formula is C23H18ClFN6O. The lowest BCUT2D eigenvalue weighted by molar-refractivity contribution is 0.614. The van der Waals surface area contributed by atoms with E-state index in [2.05, 4.69) is 19.9 Å². The van der Waals surface area contributed by atoms with E-state index in [1.807, 2.05) is 31.2 Å². The first kappa shape index (κ1) is 20.3. The Morgan fingerprint density at radius 3 is 2.78 bits per heavy atom. The monoisotopic (exact) mass is 448 g/mol. The van der Waals surface area contributed by atoms with Crippen LogP contribution in [-0.2, 0) is 0 Å². The molecule has 0 bridgehead atoms. The number of halogens is 2. The summed E-state index contributed by atoms with van der Waals surface area (Å²) in [5.74, 6) is -0.247. The summed E-state index contributed by atoms with van der Waals surface area (Å²) < 4.78 is 15.9. The average Bonchev–Trinajstić information content (AvgIpc) is 3.24. The molecule has 5 aromatic rings. The van der Waals surface area contributed by atoms with Crippen molar-refractivity contribution in [3.63, 3.8) is 0 Å². The molecule has 5 rings (SSSR count). The van der Waals surface area contributed by atoms with Crippen molar-refractivity contribution in [2.24, 2.45) is 5.73 Å². The van der Waals surface area contributed by atoms with Gasteiger partial charge in [-0.2, -0.15) is 0 Å². The summed E-state index contributed by atoms with van der Waals surface area (Å²) in [5, 5.41) is 0.961. The standard InChI is InChI=1S/C23H18ClFN6O/c1-2-16(26)22-30-17-8-4-7-15(25)19(17)23(32)31(22)13-6-3-5-12(9-13)18-10-14-20(24)27-11-28-21(14)29-18/h3-11,16H,2,26H2,1H3,(H,27,28,29)/t16-/m0/s1. The molecule has 32 heavy (non-hydrogen) atoms. The maximum Gasteiger partial charge on any atom is 0.269 e. The maximum absolute atomic E-state index is 14.5. The molecule has 3 aromatic heterocycles. The van der Waals surface area contributed by atoms with Gasteiger partial charge in [-0.1, -0.05) is 36.7 Å². The summed E-state index contributed by atoms with van der Waals surface area (Å²) in [7, 11) is 0. The van der Waals surface area contributed by atoms with Gasteiger partial charge in [-0.15, -0.1) is 0 Å². The number of hydrogen-bond acceptors (Lipinski definition) is 5. The Morgan fingerprint density at radius 2 is 2.00 bits per heavy atom. The van der Waals surface area contributed by atoms with Crippen LogP contribution in [0.2, 0.25) is 5.15 Å². The fourth-order valence-electron chi connectivity index (χ4n) is 3.77. The van der Waals surface area contributed by atoms with Gasteiger partial charge in [0.2, 0.25) is 0 Å². The Bertz CT molecular complexity index is 1540. The first-order valence-corrected chi connectivity index (χ1v) is 10.4. The second-order valence-corrected chi connectivity index (χ2v) is 7.78. The van der Waals surface area contributed by atoms with Gasteiger partial charge in [-0.25, -0.2) is 19.3 Å². The van der Waals surface area contributed by atoms with Crippen molar-refractivity contribution in [2.75, 3.05) is 0 Å². The first-order chi connectivity index (χ1) is 15.5. The molecular weight excluding hydrogens is 431 g/mol. The number of benzene rings is 2. The Morgan fingerprint density at radius 1 is 1.19 bits per heavy atom. The van der Waals surface area contributed by atoms with Crippen LogP contribution >= 0.6 is 11.6 Å². The molecule has 0 amide bonds. The van der Waals surface area contributed by atoms with Crippen molar-refractivity contribution in [1.82, 2.24) is 24.5 Å². The molecule has 9 heteroatoms. The lowest BCUT2D eigenvalue weighted by atomic mass is 10.1. The molecule has 3 heterocycles. The van der Waals surface area contributed by atoms with Crippen molar-refractivity contribution in [3.8, 4) is 16.9 Å². The second kappa shape index (κ2) is 7.81. The molecule has 160 valence electrons. The van der Waals surface area contributed by atoms with Crippen LogP contribution in [0.25, 0.3) is 38.9 Å². The molecule has 0 fully saturated rings. The number of H-pyrrole nitrogens is 1. The normalized spacial score (nSPS) is 12.5. The van der Waals surface area contributed by atoms with Crippen molar-refractivity contribution < 1.29 is 4.39 Å². The van der Waals surface area contributed by atoms with Crippen LogP contribution in [0.3, 0.4) is 0 Å². The summed E-state index contributed by atoms with van der Waals surface area (Å²) in [4.78, 5) is 29.4. The number of aromatic nitrogens is 5. The second-order valence-electron chi connectivity index (χ2n) is 7.42. The lowest BCUT2D eigenvalue weighted by Crippen LogP contribution is -2.28. The van der Waals surface area contributed by atoms with Crippen molar-refractivity contribution in [2.45, 2.75) is 19.4 Å². The van der Waals surface area contributed by atoms with Gasteiger partial charge in [-0.05, 0) is 36.8 Å². The van der Waals surface area contributed by atoms with Gasteiger partial charge in [0.15, 0.2) is 0 Å². The van der Waals surface area contributed by atoms with Gasteiger partial charge in [0, 0.05) is 11.3 Å². The molecule has 2 aromatic carbocycles. The van der Waals surface area contributed by atoms with Gasteiger partial charge in [0.25, 0.3) is 5.56 Å². The molecule has 0 saturated heterocycles. The minimum Gasteiger partial charge on any atom is -0.339 e. The fraction of sp³-hybridized carbons (Fsp3) is 0.130. The molecule has 0 aliphatic heterocycles.